The van der Waals surface area contributed by atoms with Gasteiger partial charge in [0.25, 0.3) is 0 Å². The zero-order valence-electron chi connectivity index (χ0n) is 48.2. The maximum absolute atomic E-state index is 14.6. The van der Waals surface area contributed by atoms with Crippen molar-refractivity contribution in [2.75, 3.05) is 0 Å². The van der Waals surface area contributed by atoms with Crippen molar-refractivity contribution >= 4 is 23.6 Å². The third-order valence-corrected chi connectivity index (χ3v) is 14.8. The van der Waals surface area contributed by atoms with Crippen LogP contribution in [-0.4, -0.2) is 23.6 Å². The molecule has 0 aliphatic heterocycles. The quantitative estimate of drug-likeness (QED) is 0.0263. The average molecular weight is 1000 g/mol. The van der Waals surface area contributed by atoms with Gasteiger partial charge in [-0.3, -0.25) is 14.4 Å². The molecule has 4 nitrogen and oxygen atoms in total. The van der Waals surface area contributed by atoms with Crippen molar-refractivity contribution in [3.05, 3.63) is 72.9 Å². The summed E-state index contributed by atoms with van der Waals surface area (Å²) in [6.45, 7) is 8.85. The average Bonchev–Trinajstić information content (AvgIpc) is 3.38. The molecule has 0 heterocycles. The van der Waals surface area contributed by atoms with Crippen molar-refractivity contribution in [2.24, 2.45) is 11.3 Å². The molecule has 2 unspecified atom stereocenters. The molecule has 0 spiro atoms. The number of allylic oxidation sites excluding steroid dienone is 12. The summed E-state index contributed by atoms with van der Waals surface area (Å²) >= 11 is 0. The SMILES string of the molecule is CCC=CCC=CCC=CCCCCCCCC(=O)C(C=O)(C(=O)CCCCCCCCCCCCCCC)C(CCCCCC=CCC=CCC=CCC)C(=O)CCCCCCCCCCCCCCC. The van der Waals surface area contributed by atoms with Gasteiger partial charge in [-0.2, -0.15) is 0 Å². The highest BCUT2D eigenvalue weighted by molar-refractivity contribution is 6.21. The normalized spacial score (nSPS) is 13.6. The molecule has 0 amide bonds. The summed E-state index contributed by atoms with van der Waals surface area (Å²) in [6, 6.07) is 0. The Hall–Kier alpha value is -2.88. The van der Waals surface area contributed by atoms with E-state index in [-0.39, 0.29) is 30.2 Å². The van der Waals surface area contributed by atoms with Crippen LogP contribution in [0, 0.1) is 11.3 Å². The Bertz CT molecular complexity index is 1410. The highest BCUT2D eigenvalue weighted by Crippen LogP contribution is 2.38. The smallest absolute Gasteiger partial charge is 0.154 e. The number of hydrogen-bond donors (Lipinski definition) is 0. The second-order valence-electron chi connectivity index (χ2n) is 21.4. The van der Waals surface area contributed by atoms with E-state index in [0.29, 0.717) is 32.0 Å². The topological polar surface area (TPSA) is 68.3 Å². The predicted molar refractivity (Wildman–Crippen MR) is 317 cm³/mol. The molecule has 0 radical (unpaired) electrons. The van der Waals surface area contributed by atoms with E-state index in [1.807, 2.05) is 0 Å². The van der Waals surface area contributed by atoms with Crippen LogP contribution in [0.4, 0.5) is 0 Å². The van der Waals surface area contributed by atoms with E-state index in [1.165, 1.54) is 122 Å². The molecule has 0 saturated heterocycles. The first-order valence-corrected chi connectivity index (χ1v) is 31.4. The molecule has 414 valence electrons. The Morgan fingerprint density at radius 1 is 0.319 bits per heavy atom. The van der Waals surface area contributed by atoms with Crippen LogP contribution in [0.5, 0.6) is 0 Å². The van der Waals surface area contributed by atoms with Crippen LogP contribution in [0.2, 0.25) is 0 Å². The lowest BCUT2D eigenvalue weighted by molar-refractivity contribution is -0.153. The molecular formula is C68H118O4. The molecule has 0 bridgehead atoms. The fourth-order valence-electron chi connectivity index (χ4n) is 10.1. The number of Topliss-reactive ketones (excluding diaryl/α,β-unsaturated/α-hetero) is 3. The van der Waals surface area contributed by atoms with Crippen molar-refractivity contribution in [1.29, 1.82) is 0 Å². The fraction of sp³-hybridized carbons (Fsp3) is 0.765. The van der Waals surface area contributed by atoms with Gasteiger partial charge >= 0.3 is 0 Å². The van der Waals surface area contributed by atoms with Gasteiger partial charge in [0.05, 0.1) is 0 Å². The molecule has 4 heteroatoms. The second-order valence-corrected chi connectivity index (χ2v) is 21.4. The molecule has 0 N–H and O–H groups in total. The third kappa shape index (κ3) is 41.5. The van der Waals surface area contributed by atoms with Gasteiger partial charge < -0.3 is 4.79 Å². The van der Waals surface area contributed by atoms with Gasteiger partial charge in [-0.15, -0.1) is 0 Å². The largest absolute Gasteiger partial charge is 0.302 e. The summed E-state index contributed by atoms with van der Waals surface area (Å²) in [4.78, 5) is 57.4. The van der Waals surface area contributed by atoms with Crippen molar-refractivity contribution in [1.82, 2.24) is 0 Å². The molecule has 72 heavy (non-hydrogen) atoms. The van der Waals surface area contributed by atoms with Crippen LogP contribution in [-0.2, 0) is 19.2 Å². The molecular weight excluding hydrogens is 881 g/mol. The van der Waals surface area contributed by atoms with Crippen molar-refractivity contribution in [2.45, 2.75) is 323 Å². The molecule has 0 aromatic rings. The summed E-state index contributed by atoms with van der Waals surface area (Å²) < 4.78 is 0. The maximum Gasteiger partial charge on any atom is 0.154 e. The molecule has 0 rings (SSSR count). The highest BCUT2D eigenvalue weighted by Gasteiger charge is 2.52. The van der Waals surface area contributed by atoms with E-state index < -0.39 is 11.3 Å². The summed E-state index contributed by atoms with van der Waals surface area (Å²) in [5, 5.41) is 0. The zero-order valence-corrected chi connectivity index (χ0v) is 48.2. The van der Waals surface area contributed by atoms with Crippen LogP contribution >= 0.6 is 0 Å². The number of ketones is 3. The Kier molecular flexibility index (Phi) is 53.6. The van der Waals surface area contributed by atoms with Gasteiger partial charge in [-0.25, -0.2) is 0 Å². The predicted octanol–water partition coefficient (Wildman–Crippen LogP) is 21.9. The lowest BCUT2D eigenvalue weighted by Gasteiger charge is -2.33. The first-order valence-electron chi connectivity index (χ1n) is 31.4. The van der Waals surface area contributed by atoms with E-state index in [1.54, 1.807) is 0 Å². The first-order chi connectivity index (χ1) is 35.5. The van der Waals surface area contributed by atoms with Gasteiger partial charge in [0.1, 0.15) is 12.1 Å². The number of hydrogen-bond acceptors (Lipinski definition) is 4. The van der Waals surface area contributed by atoms with E-state index in [9.17, 15) is 19.2 Å². The number of carbonyl (C=O) groups is 4. The number of rotatable bonds is 57. The third-order valence-electron chi connectivity index (χ3n) is 14.8. The van der Waals surface area contributed by atoms with Crippen molar-refractivity contribution in [3.8, 4) is 0 Å². The molecule has 0 aliphatic carbocycles. The van der Waals surface area contributed by atoms with Crippen LogP contribution in [0.15, 0.2) is 72.9 Å². The molecule has 0 aromatic heterocycles. The standard InChI is InChI=1S/C68H118O4/c1-5-9-13-17-21-25-29-33-34-38-42-46-50-54-58-62-67(72)68(63-69,66(71)61-57-53-49-45-41-37-32-28-24-20-16-12-8-4)64(59-55-51-47-43-39-35-30-26-22-18-14-10-6-2)65(70)60-56-52-48-44-40-36-31-27-23-19-15-11-7-3/h9-10,13-14,21-22,25-26,33-35,39,63-64H,5-8,11-12,15-20,23-24,27-32,36-38,40-62H2,1-4H3. The summed E-state index contributed by atoms with van der Waals surface area (Å²) in [5.74, 6) is -1.46. The van der Waals surface area contributed by atoms with Gasteiger partial charge in [0, 0.05) is 25.2 Å². The fourth-order valence-corrected chi connectivity index (χ4v) is 10.1. The summed E-state index contributed by atoms with van der Waals surface area (Å²) in [5.41, 5.74) is -1.85. The van der Waals surface area contributed by atoms with Gasteiger partial charge in [-0.1, -0.05) is 287 Å². The van der Waals surface area contributed by atoms with Gasteiger partial charge in [0.2, 0.25) is 0 Å². The monoisotopic (exact) mass is 999 g/mol. The Balaban J connectivity index is 5.74. The van der Waals surface area contributed by atoms with Crippen LogP contribution in [0.25, 0.3) is 0 Å². The van der Waals surface area contributed by atoms with E-state index in [0.717, 1.165) is 135 Å². The van der Waals surface area contributed by atoms with Crippen molar-refractivity contribution < 1.29 is 19.2 Å². The summed E-state index contributed by atoms with van der Waals surface area (Å²) in [7, 11) is 0. The Morgan fingerprint density at radius 3 is 0.931 bits per heavy atom. The van der Waals surface area contributed by atoms with Gasteiger partial charge in [0.15, 0.2) is 17.0 Å². The maximum atomic E-state index is 14.6. The lowest BCUT2D eigenvalue weighted by Crippen LogP contribution is -2.50. The van der Waals surface area contributed by atoms with E-state index in [2.05, 4.69) is 101 Å². The summed E-state index contributed by atoms with van der Waals surface area (Å²) in [6.07, 6.45) is 75.6. The zero-order chi connectivity index (χ0) is 52.5. The molecule has 2 atom stereocenters. The molecule has 0 aromatic carbocycles. The van der Waals surface area contributed by atoms with E-state index in [4.69, 9.17) is 0 Å². The van der Waals surface area contributed by atoms with Crippen LogP contribution < -0.4 is 0 Å². The van der Waals surface area contributed by atoms with Crippen LogP contribution in [0.1, 0.15) is 323 Å². The minimum absolute atomic E-state index is 0.0328. The molecule has 0 aliphatic rings. The van der Waals surface area contributed by atoms with E-state index >= 15 is 0 Å². The first kappa shape index (κ1) is 69.1. The Labute approximate surface area is 448 Å². The minimum Gasteiger partial charge on any atom is -0.302 e. The van der Waals surface area contributed by atoms with Crippen LogP contribution in [0.3, 0.4) is 0 Å². The number of aldehydes is 1. The number of carbonyl (C=O) groups excluding carboxylic acids is 4. The molecule has 0 fully saturated rings. The number of unbranched alkanes of at least 4 members (excludes halogenated alkanes) is 32. The lowest BCUT2D eigenvalue weighted by atomic mass is 9.64. The minimum atomic E-state index is -1.85. The molecule has 0 saturated carbocycles. The second kappa shape index (κ2) is 55.9. The van der Waals surface area contributed by atoms with Crippen molar-refractivity contribution in [3.63, 3.8) is 0 Å². The Morgan fingerprint density at radius 2 is 0.597 bits per heavy atom. The van der Waals surface area contributed by atoms with Gasteiger partial charge in [-0.05, 0) is 89.9 Å². The highest BCUT2D eigenvalue weighted by atomic mass is 16.2.